The lowest BCUT2D eigenvalue weighted by Crippen LogP contribution is -2.49. The SMILES string of the molecule is CCCN1CCC(NC(=NCC(c2cccc(F)c2)N2CCOCC2)NCC)CC1.I. The van der Waals surface area contributed by atoms with Gasteiger partial charge in [0.25, 0.3) is 0 Å². The molecule has 0 aromatic heterocycles. The number of rotatable bonds is 8. The predicted molar refractivity (Wildman–Crippen MR) is 136 cm³/mol. The quantitative estimate of drug-likeness (QED) is 0.298. The van der Waals surface area contributed by atoms with Crippen molar-refractivity contribution in [2.45, 2.75) is 45.2 Å². The smallest absolute Gasteiger partial charge is 0.191 e. The molecule has 0 aliphatic carbocycles. The van der Waals surface area contributed by atoms with E-state index in [1.54, 1.807) is 12.1 Å². The van der Waals surface area contributed by atoms with Crippen LogP contribution < -0.4 is 10.6 Å². The van der Waals surface area contributed by atoms with Crippen LogP contribution in [0.4, 0.5) is 4.39 Å². The standard InChI is InChI=1S/C23H38FN5O.HI/c1-3-10-28-11-8-21(9-12-28)27-23(25-4-2)26-18-22(29-13-15-30-16-14-29)19-6-5-7-20(24)17-19;/h5-7,17,21-22H,3-4,8-16,18H2,1-2H3,(H2,25,26,27);1H. The van der Waals surface area contributed by atoms with Gasteiger partial charge in [0.1, 0.15) is 5.82 Å². The lowest BCUT2D eigenvalue weighted by atomic mass is 10.0. The van der Waals surface area contributed by atoms with Crippen molar-refractivity contribution in [2.75, 3.05) is 59.0 Å². The number of nitrogens with zero attached hydrogens (tertiary/aromatic N) is 3. The third-order valence-corrected chi connectivity index (χ3v) is 5.95. The van der Waals surface area contributed by atoms with Gasteiger partial charge in [0.15, 0.2) is 5.96 Å². The van der Waals surface area contributed by atoms with E-state index in [0.717, 1.165) is 57.1 Å². The molecule has 31 heavy (non-hydrogen) atoms. The molecule has 176 valence electrons. The van der Waals surface area contributed by atoms with Gasteiger partial charge in [-0.15, -0.1) is 24.0 Å². The van der Waals surface area contributed by atoms with Crippen molar-refractivity contribution in [1.29, 1.82) is 0 Å². The molecule has 2 aliphatic heterocycles. The zero-order valence-electron chi connectivity index (χ0n) is 19.0. The maximum Gasteiger partial charge on any atom is 0.191 e. The molecule has 1 aromatic rings. The zero-order chi connectivity index (χ0) is 21.2. The fourth-order valence-electron chi connectivity index (χ4n) is 4.34. The average molecular weight is 548 g/mol. The summed E-state index contributed by atoms with van der Waals surface area (Å²) < 4.78 is 19.4. The van der Waals surface area contributed by atoms with Crippen molar-refractivity contribution in [3.8, 4) is 0 Å². The van der Waals surface area contributed by atoms with Crippen molar-refractivity contribution < 1.29 is 9.13 Å². The van der Waals surface area contributed by atoms with E-state index in [9.17, 15) is 4.39 Å². The second-order valence-corrected chi connectivity index (χ2v) is 8.20. The van der Waals surface area contributed by atoms with Crippen LogP contribution >= 0.6 is 24.0 Å². The molecule has 0 bridgehead atoms. The first-order chi connectivity index (χ1) is 14.7. The zero-order valence-corrected chi connectivity index (χ0v) is 21.3. The summed E-state index contributed by atoms with van der Waals surface area (Å²) in [6, 6.07) is 7.43. The molecule has 1 atom stereocenters. The Bertz CT molecular complexity index is 663. The predicted octanol–water partition coefficient (Wildman–Crippen LogP) is 3.25. The van der Waals surface area contributed by atoms with Crippen LogP contribution in [0.2, 0.25) is 0 Å². The second kappa shape index (κ2) is 14.2. The Hall–Kier alpha value is -0.970. The van der Waals surface area contributed by atoms with E-state index < -0.39 is 0 Å². The first-order valence-corrected chi connectivity index (χ1v) is 11.5. The van der Waals surface area contributed by atoms with Crippen LogP contribution in [0.25, 0.3) is 0 Å². The van der Waals surface area contributed by atoms with Gasteiger partial charge in [-0.1, -0.05) is 19.1 Å². The summed E-state index contributed by atoms with van der Waals surface area (Å²) in [6.07, 6.45) is 3.49. The molecular weight excluding hydrogens is 508 g/mol. The van der Waals surface area contributed by atoms with Crippen LogP contribution in [0.1, 0.15) is 44.7 Å². The van der Waals surface area contributed by atoms with Gasteiger partial charge in [0, 0.05) is 38.8 Å². The number of hydrogen-bond acceptors (Lipinski definition) is 4. The van der Waals surface area contributed by atoms with E-state index in [1.807, 2.05) is 6.07 Å². The van der Waals surface area contributed by atoms with Crippen molar-refractivity contribution >= 4 is 29.9 Å². The number of guanidine groups is 1. The highest BCUT2D eigenvalue weighted by Gasteiger charge is 2.24. The van der Waals surface area contributed by atoms with E-state index in [-0.39, 0.29) is 35.8 Å². The Kier molecular flexibility index (Phi) is 12.1. The summed E-state index contributed by atoms with van der Waals surface area (Å²) in [5.74, 6) is 0.666. The van der Waals surface area contributed by atoms with E-state index >= 15 is 0 Å². The molecule has 2 aliphatic rings. The van der Waals surface area contributed by atoms with E-state index in [1.165, 1.54) is 19.0 Å². The van der Waals surface area contributed by atoms with E-state index in [2.05, 4.69) is 34.3 Å². The first kappa shape index (κ1) is 26.3. The minimum absolute atomic E-state index is 0. The second-order valence-electron chi connectivity index (χ2n) is 8.20. The van der Waals surface area contributed by atoms with Crippen LogP contribution in [-0.4, -0.2) is 80.8 Å². The Labute approximate surface area is 204 Å². The van der Waals surface area contributed by atoms with Crippen molar-refractivity contribution in [2.24, 2.45) is 4.99 Å². The molecule has 1 unspecified atom stereocenters. The summed E-state index contributed by atoms with van der Waals surface area (Å²) in [4.78, 5) is 9.82. The number of halogens is 2. The van der Waals surface area contributed by atoms with Gasteiger partial charge in [-0.2, -0.15) is 0 Å². The van der Waals surface area contributed by atoms with Crippen LogP contribution in [-0.2, 0) is 4.74 Å². The maximum atomic E-state index is 13.9. The van der Waals surface area contributed by atoms with Crippen molar-refractivity contribution in [3.63, 3.8) is 0 Å². The molecule has 2 fully saturated rings. The first-order valence-electron chi connectivity index (χ1n) is 11.5. The fraction of sp³-hybridized carbons (Fsp3) is 0.696. The summed E-state index contributed by atoms with van der Waals surface area (Å²) in [5.41, 5.74) is 0.976. The van der Waals surface area contributed by atoms with Gasteiger partial charge in [0.2, 0.25) is 0 Å². The lowest BCUT2D eigenvalue weighted by Gasteiger charge is -2.35. The number of benzene rings is 1. The molecule has 2 heterocycles. The van der Waals surface area contributed by atoms with Crippen LogP contribution in [0.5, 0.6) is 0 Å². The largest absolute Gasteiger partial charge is 0.379 e. The topological polar surface area (TPSA) is 52.1 Å². The molecule has 0 radical (unpaired) electrons. The third-order valence-electron chi connectivity index (χ3n) is 5.95. The molecule has 0 amide bonds. The van der Waals surface area contributed by atoms with Gasteiger partial charge < -0.3 is 20.3 Å². The molecule has 2 N–H and O–H groups in total. The molecule has 2 saturated heterocycles. The number of nitrogens with one attached hydrogen (secondary N) is 2. The van der Waals surface area contributed by atoms with Crippen LogP contribution in [0, 0.1) is 5.82 Å². The summed E-state index contributed by atoms with van der Waals surface area (Å²) in [5, 5.41) is 7.03. The number of hydrogen-bond donors (Lipinski definition) is 2. The third kappa shape index (κ3) is 8.47. The van der Waals surface area contributed by atoms with Crippen molar-refractivity contribution in [3.05, 3.63) is 35.6 Å². The van der Waals surface area contributed by atoms with Crippen molar-refractivity contribution in [1.82, 2.24) is 20.4 Å². The highest BCUT2D eigenvalue weighted by Crippen LogP contribution is 2.23. The monoisotopic (exact) mass is 547 g/mol. The minimum atomic E-state index is -0.196. The summed E-state index contributed by atoms with van der Waals surface area (Å²) >= 11 is 0. The normalized spacial score (nSPS) is 20.2. The Morgan fingerprint density at radius 2 is 1.94 bits per heavy atom. The highest BCUT2D eigenvalue weighted by molar-refractivity contribution is 14.0. The fourth-order valence-corrected chi connectivity index (χ4v) is 4.34. The van der Waals surface area contributed by atoms with E-state index in [4.69, 9.17) is 9.73 Å². The molecule has 3 rings (SSSR count). The molecule has 1 aromatic carbocycles. The summed E-state index contributed by atoms with van der Waals surface area (Å²) in [6.45, 7) is 12.3. The number of aliphatic imine (C=N–C) groups is 1. The molecule has 8 heteroatoms. The van der Waals surface area contributed by atoms with Gasteiger partial charge >= 0.3 is 0 Å². The van der Waals surface area contributed by atoms with E-state index in [0.29, 0.717) is 25.8 Å². The molecule has 0 saturated carbocycles. The van der Waals surface area contributed by atoms with Gasteiger partial charge in [-0.3, -0.25) is 9.89 Å². The highest BCUT2D eigenvalue weighted by atomic mass is 127. The van der Waals surface area contributed by atoms with Crippen LogP contribution in [0.15, 0.2) is 29.3 Å². The number of likely N-dealkylation sites (tertiary alicyclic amines) is 1. The number of ether oxygens (including phenoxy) is 1. The van der Waals surface area contributed by atoms with Gasteiger partial charge in [-0.25, -0.2) is 4.39 Å². The summed E-state index contributed by atoms with van der Waals surface area (Å²) in [7, 11) is 0. The Morgan fingerprint density at radius 1 is 1.19 bits per heavy atom. The Morgan fingerprint density at radius 3 is 2.58 bits per heavy atom. The molecule has 6 nitrogen and oxygen atoms in total. The molecule has 0 spiro atoms. The minimum Gasteiger partial charge on any atom is -0.379 e. The average Bonchev–Trinajstić information content (AvgIpc) is 2.76. The van der Waals surface area contributed by atoms with Gasteiger partial charge in [0.05, 0.1) is 25.8 Å². The van der Waals surface area contributed by atoms with Crippen LogP contribution in [0.3, 0.4) is 0 Å². The lowest BCUT2D eigenvalue weighted by molar-refractivity contribution is 0.0179. The number of piperidine rings is 1. The number of morpholine rings is 1. The Balaban J connectivity index is 0.00000341. The molecular formula is C23H39FIN5O. The van der Waals surface area contributed by atoms with Gasteiger partial charge in [-0.05, 0) is 50.4 Å². The maximum absolute atomic E-state index is 13.9.